The van der Waals surface area contributed by atoms with Gasteiger partial charge in [0.15, 0.2) is 0 Å². The lowest BCUT2D eigenvalue weighted by molar-refractivity contribution is 0.261. The zero-order chi connectivity index (χ0) is 13.1. The van der Waals surface area contributed by atoms with Gasteiger partial charge in [-0.2, -0.15) is 5.26 Å². The molecule has 0 heterocycles. The summed E-state index contributed by atoms with van der Waals surface area (Å²) in [5.41, 5.74) is 7.89. The summed E-state index contributed by atoms with van der Waals surface area (Å²) >= 11 is 0. The Morgan fingerprint density at radius 1 is 1.28 bits per heavy atom. The molecule has 3 nitrogen and oxygen atoms in total. The quantitative estimate of drug-likeness (QED) is 0.783. The Bertz CT molecular complexity index is 461. The van der Waals surface area contributed by atoms with Crippen LogP contribution in [0.2, 0.25) is 0 Å². The average molecular weight is 243 g/mol. The van der Waals surface area contributed by atoms with E-state index in [0.29, 0.717) is 17.3 Å². The van der Waals surface area contributed by atoms with Crippen molar-refractivity contribution in [2.75, 3.05) is 11.1 Å². The molecule has 18 heavy (non-hydrogen) atoms. The Balaban J connectivity index is 2.08. The molecule has 0 aliphatic heterocycles. The number of hydrogen-bond acceptors (Lipinski definition) is 3. The van der Waals surface area contributed by atoms with Crippen LogP contribution in [0.4, 0.5) is 11.4 Å². The highest BCUT2D eigenvalue weighted by atomic mass is 14.9. The van der Waals surface area contributed by atoms with E-state index in [1.807, 2.05) is 12.1 Å². The van der Waals surface area contributed by atoms with Crippen LogP contribution in [-0.4, -0.2) is 6.04 Å². The topological polar surface area (TPSA) is 61.8 Å². The molecule has 1 aromatic carbocycles. The van der Waals surface area contributed by atoms with Gasteiger partial charge < -0.3 is 11.1 Å². The predicted octanol–water partition coefficient (Wildman–Crippen LogP) is 3.38. The number of benzene rings is 1. The van der Waals surface area contributed by atoms with Crippen LogP contribution in [0, 0.1) is 23.2 Å². The molecule has 3 N–H and O–H groups in total. The minimum Gasteiger partial charge on any atom is -0.399 e. The molecule has 96 valence electrons. The van der Waals surface area contributed by atoms with Gasteiger partial charge in [0.2, 0.25) is 0 Å². The van der Waals surface area contributed by atoms with Gasteiger partial charge in [-0.25, -0.2) is 0 Å². The number of nitrogens with one attached hydrogen (secondary N) is 1. The number of nitrogens with two attached hydrogens (primary N) is 1. The molecule has 1 aliphatic carbocycles. The van der Waals surface area contributed by atoms with Gasteiger partial charge in [-0.15, -0.1) is 0 Å². The van der Waals surface area contributed by atoms with E-state index in [1.54, 1.807) is 6.07 Å². The number of rotatable bonds is 2. The zero-order valence-corrected chi connectivity index (χ0v) is 11.1. The van der Waals surface area contributed by atoms with Gasteiger partial charge in [-0.05, 0) is 49.3 Å². The van der Waals surface area contributed by atoms with Gasteiger partial charge in [0, 0.05) is 11.7 Å². The maximum Gasteiger partial charge on any atom is 0.101 e. The first-order valence-corrected chi connectivity index (χ1v) is 6.66. The molecule has 0 bridgehead atoms. The Morgan fingerprint density at radius 2 is 2.06 bits per heavy atom. The monoisotopic (exact) mass is 243 g/mol. The Hall–Kier alpha value is -1.69. The first kappa shape index (κ1) is 12.8. The highest BCUT2D eigenvalue weighted by molar-refractivity contribution is 5.63. The summed E-state index contributed by atoms with van der Waals surface area (Å²) in [4.78, 5) is 0. The zero-order valence-electron chi connectivity index (χ0n) is 11.1. The number of hydrogen-bond donors (Lipinski definition) is 2. The molecule has 3 unspecified atom stereocenters. The molecule has 0 radical (unpaired) electrons. The second-order valence-electron chi connectivity index (χ2n) is 5.53. The summed E-state index contributed by atoms with van der Waals surface area (Å²) in [6.07, 6.45) is 3.62. The first-order chi connectivity index (χ1) is 8.60. The standard InChI is InChI=1S/C15H21N3/c1-10-3-5-14(7-11(10)2)18-15-6-4-13(17)8-12(15)9-16/h4,6,8,10-11,14,18H,3,5,7,17H2,1-2H3. The van der Waals surface area contributed by atoms with Crippen molar-refractivity contribution in [2.45, 2.75) is 39.2 Å². The summed E-state index contributed by atoms with van der Waals surface area (Å²) in [6.45, 7) is 4.64. The van der Waals surface area contributed by atoms with Gasteiger partial charge in [0.25, 0.3) is 0 Å². The Kier molecular flexibility index (Phi) is 3.76. The van der Waals surface area contributed by atoms with Gasteiger partial charge in [-0.3, -0.25) is 0 Å². The summed E-state index contributed by atoms with van der Waals surface area (Å²) in [6, 6.07) is 8.17. The van der Waals surface area contributed by atoms with Crippen molar-refractivity contribution in [3.05, 3.63) is 23.8 Å². The minimum atomic E-state index is 0.479. The smallest absolute Gasteiger partial charge is 0.101 e. The predicted molar refractivity (Wildman–Crippen MR) is 75.2 cm³/mol. The summed E-state index contributed by atoms with van der Waals surface area (Å²) in [5.74, 6) is 1.56. The summed E-state index contributed by atoms with van der Waals surface area (Å²) < 4.78 is 0. The van der Waals surface area contributed by atoms with Gasteiger partial charge in [-0.1, -0.05) is 13.8 Å². The molecule has 0 amide bonds. The van der Waals surface area contributed by atoms with E-state index in [1.165, 1.54) is 19.3 Å². The van der Waals surface area contributed by atoms with Crippen molar-refractivity contribution in [1.82, 2.24) is 0 Å². The molecule has 1 aliphatic rings. The van der Waals surface area contributed by atoms with Crippen LogP contribution in [0.3, 0.4) is 0 Å². The normalized spacial score (nSPS) is 27.5. The van der Waals surface area contributed by atoms with E-state index in [-0.39, 0.29) is 0 Å². The van der Waals surface area contributed by atoms with Crippen LogP contribution in [0.25, 0.3) is 0 Å². The van der Waals surface area contributed by atoms with E-state index in [4.69, 9.17) is 11.0 Å². The van der Waals surface area contributed by atoms with Crippen molar-refractivity contribution < 1.29 is 0 Å². The van der Waals surface area contributed by atoms with Crippen molar-refractivity contribution in [3.8, 4) is 6.07 Å². The van der Waals surface area contributed by atoms with E-state index in [2.05, 4.69) is 25.2 Å². The molecule has 3 heteroatoms. The van der Waals surface area contributed by atoms with Crippen LogP contribution < -0.4 is 11.1 Å². The maximum absolute atomic E-state index is 9.12. The fourth-order valence-corrected chi connectivity index (χ4v) is 2.68. The van der Waals surface area contributed by atoms with Crippen molar-refractivity contribution in [2.24, 2.45) is 11.8 Å². The lowest BCUT2D eigenvalue weighted by Crippen LogP contribution is -2.30. The van der Waals surface area contributed by atoms with E-state index >= 15 is 0 Å². The maximum atomic E-state index is 9.12. The highest BCUT2D eigenvalue weighted by Gasteiger charge is 2.24. The van der Waals surface area contributed by atoms with Crippen LogP contribution >= 0.6 is 0 Å². The SMILES string of the molecule is CC1CCC(Nc2ccc(N)cc2C#N)CC1C. The highest BCUT2D eigenvalue weighted by Crippen LogP contribution is 2.31. The Morgan fingerprint density at radius 3 is 2.72 bits per heavy atom. The van der Waals surface area contributed by atoms with E-state index < -0.39 is 0 Å². The van der Waals surface area contributed by atoms with E-state index in [9.17, 15) is 0 Å². The molecule has 1 fully saturated rings. The van der Waals surface area contributed by atoms with Crippen LogP contribution in [-0.2, 0) is 0 Å². The van der Waals surface area contributed by atoms with Crippen molar-refractivity contribution in [3.63, 3.8) is 0 Å². The van der Waals surface area contributed by atoms with Gasteiger partial charge in [0.1, 0.15) is 6.07 Å². The second kappa shape index (κ2) is 5.30. The molecule has 0 saturated heterocycles. The first-order valence-electron chi connectivity index (χ1n) is 6.66. The molecule has 0 spiro atoms. The number of anilines is 2. The molecule has 1 saturated carbocycles. The largest absolute Gasteiger partial charge is 0.399 e. The van der Waals surface area contributed by atoms with Gasteiger partial charge >= 0.3 is 0 Å². The lowest BCUT2D eigenvalue weighted by Gasteiger charge is -2.33. The molecular weight excluding hydrogens is 222 g/mol. The van der Waals surface area contributed by atoms with Crippen LogP contribution in [0.1, 0.15) is 38.7 Å². The van der Waals surface area contributed by atoms with Gasteiger partial charge in [0.05, 0.1) is 11.3 Å². The molecule has 3 atom stereocenters. The number of nitrogens with zero attached hydrogens (tertiary/aromatic N) is 1. The molecule has 0 aromatic heterocycles. The molecule has 2 rings (SSSR count). The van der Waals surface area contributed by atoms with E-state index in [0.717, 1.165) is 17.5 Å². The fraction of sp³-hybridized carbons (Fsp3) is 0.533. The van der Waals surface area contributed by atoms with Crippen molar-refractivity contribution in [1.29, 1.82) is 5.26 Å². The summed E-state index contributed by atoms with van der Waals surface area (Å²) in [7, 11) is 0. The summed E-state index contributed by atoms with van der Waals surface area (Å²) in [5, 5.41) is 12.6. The average Bonchev–Trinajstić information content (AvgIpc) is 2.36. The number of nitriles is 1. The van der Waals surface area contributed by atoms with Crippen LogP contribution in [0.5, 0.6) is 0 Å². The molecular formula is C15H21N3. The van der Waals surface area contributed by atoms with Crippen molar-refractivity contribution >= 4 is 11.4 Å². The number of nitrogen functional groups attached to an aromatic ring is 1. The third kappa shape index (κ3) is 2.76. The minimum absolute atomic E-state index is 0.479. The van der Waals surface area contributed by atoms with Crippen LogP contribution in [0.15, 0.2) is 18.2 Å². The fourth-order valence-electron chi connectivity index (χ4n) is 2.68. The lowest BCUT2D eigenvalue weighted by atomic mass is 9.79. The third-order valence-electron chi connectivity index (χ3n) is 4.12. The molecule has 1 aromatic rings. The Labute approximate surface area is 109 Å². The third-order valence-corrected chi connectivity index (χ3v) is 4.12. The second-order valence-corrected chi connectivity index (χ2v) is 5.53.